The van der Waals surface area contributed by atoms with Gasteiger partial charge in [-0.1, -0.05) is 35.4 Å². The molecule has 0 aliphatic heterocycles. The molecule has 0 spiro atoms. The standard InChI is InChI=1S/C18H19NO3/c1-12-8-13(2)10-15(9-12)18(21)22-11-17(20)19-16-7-5-4-6-14(16)3/h4-10H,11H2,1-3H3,(H,19,20). The van der Waals surface area contributed by atoms with Crippen molar-refractivity contribution in [2.75, 3.05) is 11.9 Å². The number of carbonyl (C=O) groups excluding carboxylic acids is 2. The summed E-state index contributed by atoms with van der Waals surface area (Å²) in [6, 6.07) is 12.9. The molecule has 0 fully saturated rings. The summed E-state index contributed by atoms with van der Waals surface area (Å²) in [7, 11) is 0. The Kier molecular flexibility index (Phi) is 4.94. The van der Waals surface area contributed by atoms with Gasteiger partial charge in [0.2, 0.25) is 0 Å². The predicted molar refractivity (Wildman–Crippen MR) is 86.0 cm³/mol. The van der Waals surface area contributed by atoms with Crippen LogP contribution in [0.3, 0.4) is 0 Å². The van der Waals surface area contributed by atoms with E-state index in [1.54, 1.807) is 18.2 Å². The summed E-state index contributed by atoms with van der Waals surface area (Å²) >= 11 is 0. The van der Waals surface area contributed by atoms with Gasteiger partial charge in [0.05, 0.1) is 5.56 Å². The number of benzene rings is 2. The molecule has 0 unspecified atom stereocenters. The van der Waals surface area contributed by atoms with E-state index < -0.39 is 5.97 Å². The van der Waals surface area contributed by atoms with Gasteiger partial charge in [0.25, 0.3) is 5.91 Å². The van der Waals surface area contributed by atoms with Crippen LogP contribution in [0.4, 0.5) is 5.69 Å². The second-order valence-corrected chi connectivity index (χ2v) is 5.32. The fourth-order valence-electron chi connectivity index (χ4n) is 2.21. The monoisotopic (exact) mass is 297 g/mol. The van der Waals surface area contributed by atoms with Crippen LogP contribution < -0.4 is 5.32 Å². The number of ether oxygens (including phenoxy) is 1. The Balaban J connectivity index is 1.93. The molecule has 1 amide bonds. The topological polar surface area (TPSA) is 55.4 Å². The Hall–Kier alpha value is -2.62. The molecule has 2 aromatic carbocycles. The molecule has 0 heterocycles. The van der Waals surface area contributed by atoms with Crippen LogP contribution in [0.15, 0.2) is 42.5 Å². The lowest BCUT2D eigenvalue weighted by molar-refractivity contribution is -0.119. The van der Waals surface area contributed by atoms with Crippen LogP contribution in [0.5, 0.6) is 0 Å². The molecule has 0 aliphatic carbocycles. The zero-order chi connectivity index (χ0) is 16.1. The largest absolute Gasteiger partial charge is 0.452 e. The van der Waals surface area contributed by atoms with E-state index in [1.807, 2.05) is 45.0 Å². The van der Waals surface area contributed by atoms with Crippen molar-refractivity contribution in [3.63, 3.8) is 0 Å². The van der Waals surface area contributed by atoms with Gasteiger partial charge in [0.1, 0.15) is 0 Å². The Morgan fingerprint density at radius 3 is 2.27 bits per heavy atom. The smallest absolute Gasteiger partial charge is 0.338 e. The van der Waals surface area contributed by atoms with Crippen molar-refractivity contribution in [1.29, 1.82) is 0 Å². The van der Waals surface area contributed by atoms with Crippen molar-refractivity contribution in [1.82, 2.24) is 0 Å². The van der Waals surface area contributed by atoms with E-state index in [0.29, 0.717) is 5.56 Å². The van der Waals surface area contributed by atoms with Crippen molar-refractivity contribution in [3.8, 4) is 0 Å². The number of nitrogens with one attached hydrogen (secondary N) is 1. The maximum Gasteiger partial charge on any atom is 0.338 e. The molecule has 114 valence electrons. The highest BCUT2D eigenvalue weighted by atomic mass is 16.5. The molecule has 0 saturated carbocycles. The van der Waals surface area contributed by atoms with E-state index in [2.05, 4.69) is 5.32 Å². The zero-order valence-corrected chi connectivity index (χ0v) is 13.0. The van der Waals surface area contributed by atoms with Crippen LogP contribution in [-0.4, -0.2) is 18.5 Å². The second-order valence-electron chi connectivity index (χ2n) is 5.32. The summed E-state index contributed by atoms with van der Waals surface area (Å²) in [5, 5.41) is 2.72. The first-order chi connectivity index (χ1) is 10.5. The van der Waals surface area contributed by atoms with Crippen molar-refractivity contribution in [3.05, 3.63) is 64.7 Å². The number of amides is 1. The minimum atomic E-state index is -0.494. The molecular weight excluding hydrogens is 278 g/mol. The third kappa shape index (κ3) is 4.19. The Morgan fingerprint density at radius 1 is 1.00 bits per heavy atom. The lowest BCUT2D eigenvalue weighted by Crippen LogP contribution is -2.21. The molecule has 22 heavy (non-hydrogen) atoms. The molecule has 0 saturated heterocycles. The first kappa shape index (κ1) is 15.8. The molecule has 0 aliphatic rings. The van der Waals surface area contributed by atoms with E-state index in [0.717, 1.165) is 22.4 Å². The number of hydrogen-bond acceptors (Lipinski definition) is 3. The summed E-state index contributed by atoms with van der Waals surface area (Å²) in [4.78, 5) is 23.8. The van der Waals surface area contributed by atoms with Crippen molar-refractivity contribution in [2.45, 2.75) is 20.8 Å². The molecule has 2 rings (SSSR count). The summed E-state index contributed by atoms with van der Waals surface area (Å²) in [6.45, 7) is 5.42. The van der Waals surface area contributed by atoms with E-state index in [1.165, 1.54) is 0 Å². The Bertz CT molecular complexity index is 687. The fraction of sp³-hybridized carbons (Fsp3) is 0.222. The molecule has 4 heteroatoms. The van der Waals surface area contributed by atoms with Crippen LogP contribution in [-0.2, 0) is 9.53 Å². The van der Waals surface area contributed by atoms with Gasteiger partial charge < -0.3 is 10.1 Å². The maximum atomic E-state index is 12.0. The van der Waals surface area contributed by atoms with Crippen molar-refractivity contribution in [2.24, 2.45) is 0 Å². The summed E-state index contributed by atoms with van der Waals surface area (Å²) in [6.07, 6.45) is 0. The van der Waals surface area contributed by atoms with E-state index in [9.17, 15) is 9.59 Å². The third-order valence-electron chi connectivity index (χ3n) is 3.21. The summed E-state index contributed by atoms with van der Waals surface area (Å²) < 4.78 is 5.06. The van der Waals surface area contributed by atoms with E-state index in [4.69, 9.17) is 4.74 Å². The maximum absolute atomic E-state index is 12.0. The first-order valence-electron chi connectivity index (χ1n) is 7.06. The van der Waals surface area contributed by atoms with Gasteiger partial charge in [-0.2, -0.15) is 0 Å². The molecular formula is C18H19NO3. The molecule has 2 aromatic rings. The number of aryl methyl sites for hydroxylation is 3. The number of esters is 1. The highest BCUT2D eigenvalue weighted by Crippen LogP contribution is 2.13. The highest BCUT2D eigenvalue weighted by molar-refractivity contribution is 5.96. The summed E-state index contributed by atoms with van der Waals surface area (Å²) in [5.74, 6) is -0.848. The number of anilines is 1. The Morgan fingerprint density at radius 2 is 1.64 bits per heavy atom. The average Bonchev–Trinajstić information content (AvgIpc) is 2.46. The normalized spacial score (nSPS) is 10.1. The average molecular weight is 297 g/mol. The number of rotatable bonds is 4. The number of carbonyl (C=O) groups is 2. The third-order valence-corrected chi connectivity index (χ3v) is 3.21. The van der Waals surface area contributed by atoms with Crippen LogP contribution >= 0.6 is 0 Å². The van der Waals surface area contributed by atoms with Crippen molar-refractivity contribution < 1.29 is 14.3 Å². The lowest BCUT2D eigenvalue weighted by atomic mass is 10.1. The van der Waals surface area contributed by atoms with Gasteiger partial charge in [0.15, 0.2) is 6.61 Å². The predicted octanol–water partition coefficient (Wildman–Crippen LogP) is 3.41. The van der Waals surface area contributed by atoms with Gasteiger partial charge in [-0.05, 0) is 44.5 Å². The van der Waals surface area contributed by atoms with Crippen LogP contribution in [0.1, 0.15) is 27.0 Å². The molecule has 0 aromatic heterocycles. The van der Waals surface area contributed by atoms with Crippen LogP contribution in [0, 0.1) is 20.8 Å². The minimum Gasteiger partial charge on any atom is -0.452 e. The first-order valence-corrected chi connectivity index (χ1v) is 7.06. The second kappa shape index (κ2) is 6.89. The van der Waals surface area contributed by atoms with Crippen molar-refractivity contribution >= 4 is 17.6 Å². The number of para-hydroxylation sites is 1. The lowest BCUT2D eigenvalue weighted by Gasteiger charge is -2.09. The van der Waals surface area contributed by atoms with Gasteiger partial charge >= 0.3 is 5.97 Å². The zero-order valence-electron chi connectivity index (χ0n) is 13.0. The SMILES string of the molecule is Cc1cc(C)cc(C(=O)OCC(=O)Nc2ccccc2C)c1. The molecule has 0 bridgehead atoms. The van der Waals surface area contributed by atoms with Gasteiger partial charge in [-0.3, -0.25) is 4.79 Å². The van der Waals surface area contributed by atoms with Crippen LogP contribution in [0.25, 0.3) is 0 Å². The summed E-state index contributed by atoms with van der Waals surface area (Å²) in [5.41, 5.74) is 4.10. The fourth-order valence-corrected chi connectivity index (χ4v) is 2.21. The quantitative estimate of drug-likeness (QED) is 0.880. The molecule has 1 N–H and O–H groups in total. The van der Waals surface area contributed by atoms with E-state index >= 15 is 0 Å². The Labute approximate surface area is 130 Å². The highest BCUT2D eigenvalue weighted by Gasteiger charge is 2.11. The van der Waals surface area contributed by atoms with Gasteiger partial charge in [-0.25, -0.2) is 4.79 Å². The molecule has 4 nitrogen and oxygen atoms in total. The molecule has 0 radical (unpaired) electrons. The van der Waals surface area contributed by atoms with E-state index in [-0.39, 0.29) is 12.5 Å². The van der Waals surface area contributed by atoms with Gasteiger partial charge in [0, 0.05) is 5.69 Å². The number of hydrogen-bond donors (Lipinski definition) is 1. The van der Waals surface area contributed by atoms with Gasteiger partial charge in [-0.15, -0.1) is 0 Å². The molecule has 0 atom stereocenters. The minimum absolute atomic E-state index is 0.305. The van der Waals surface area contributed by atoms with Crippen LogP contribution in [0.2, 0.25) is 0 Å².